The third-order valence-corrected chi connectivity index (χ3v) is 4.55. The summed E-state index contributed by atoms with van der Waals surface area (Å²) in [6, 6.07) is 1.61. The summed E-state index contributed by atoms with van der Waals surface area (Å²) in [5.74, 6) is -1.54. The molecule has 30 heavy (non-hydrogen) atoms. The second-order valence-electron chi connectivity index (χ2n) is 6.58. The Labute approximate surface area is 171 Å². The maximum Gasteiger partial charge on any atom is 0.340 e. The molecule has 1 aliphatic rings. The van der Waals surface area contributed by atoms with E-state index < -0.39 is 17.8 Å². The predicted molar refractivity (Wildman–Crippen MR) is 108 cm³/mol. The molecule has 0 bridgehead atoms. The molecule has 0 aromatic carbocycles. The molecule has 0 spiro atoms. The fourth-order valence-electron chi connectivity index (χ4n) is 3.20. The number of rotatable bonds is 5. The topological polar surface area (TPSA) is 139 Å². The lowest BCUT2D eigenvalue weighted by Gasteiger charge is -2.05. The molecule has 10 nitrogen and oxygen atoms in total. The van der Waals surface area contributed by atoms with Crippen LogP contribution < -0.4 is 10.6 Å². The van der Waals surface area contributed by atoms with Gasteiger partial charge >= 0.3 is 11.9 Å². The Morgan fingerprint density at radius 2 is 1.97 bits per heavy atom. The van der Waals surface area contributed by atoms with Gasteiger partial charge in [-0.25, -0.2) is 9.78 Å². The van der Waals surface area contributed by atoms with E-state index in [1.807, 2.05) is 0 Å². The van der Waals surface area contributed by atoms with E-state index in [-0.39, 0.29) is 23.5 Å². The van der Waals surface area contributed by atoms with Crippen LogP contribution >= 0.6 is 0 Å². The van der Waals surface area contributed by atoms with Crippen LogP contribution in [0.4, 0.5) is 11.5 Å². The van der Waals surface area contributed by atoms with Gasteiger partial charge < -0.3 is 25.1 Å². The van der Waals surface area contributed by atoms with Gasteiger partial charge in [-0.15, -0.1) is 0 Å². The number of aromatic amines is 1. The Balaban J connectivity index is 2.12. The van der Waals surface area contributed by atoms with Gasteiger partial charge in [-0.05, 0) is 24.6 Å². The number of carbonyl (C=O) groups excluding carboxylic acids is 4. The molecular formula is C20H20N4O6. The maximum atomic E-state index is 12.5. The van der Waals surface area contributed by atoms with Crippen molar-refractivity contribution in [3.63, 3.8) is 0 Å². The van der Waals surface area contributed by atoms with Crippen molar-refractivity contribution in [1.82, 2.24) is 9.97 Å². The van der Waals surface area contributed by atoms with Crippen LogP contribution in [0.1, 0.15) is 39.8 Å². The van der Waals surface area contributed by atoms with Crippen LogP contribution in [-0.2, 0) is 30.3 Å². The smallest absolute Gasteiger partial charge is 0.340 e. The van der Waals surface area contributed by atoms with E-state index in [0.717, 1.165) is 0 Å². The molecule has 0 fully saturated rings. The number of anilines is 2. The summed E-state index contributed by atoms with van der Waals surface area (Å²) in [4.78, 5) is 55.2. The molecule has 3 heterocycles. The second kappa shape index (κ2) is 8.19. The lowest BCUT2D eigenvalue weighted by Crippen LogP contribution is -2.11. The van der Waals surface area contributed by atoms with Gasteiger partial charge in [0, 0.05) is 18.2 Å². The largest absolute Gasteiger partial charge is 0.469 e. The van der Waals surface area contributed by atoms with Gasteiger partial charge in [-0.2, -0.15) is 0 Å². The van der Waals surface area contributed by atoms with Crippen molar-refractivity contribution in [2.75, 3.05) is 24.9 Å². The number of fused-ring (bicyclic) bond motifs is 1. The van der Waals surface area contributed by atoms with Gasteiger partial charge in [0.1, 0.15) is 5.82 Å². The van der Waals surface area contributed by atoms with E-state index in [2.05, 4.69) is 20.6 Å². The zero-order valence-electron chi connectivity index (χ0n) is 16.8. The molecule has 2 amide bonds. The van der Waals surface area contributed by atoms with Gasteiger partial charge in [0.2, 0.25) is 5.91 Å². The first-order valence-electron chi connectivity index (χ1n) is 8.92. The highest BCUT2D eigenvalue weighted by molar-refractivity contribution is 6.34. The Bertz CT molecular complexity index is 1100. The average Bonchev–Trinajstić information content (AvgIpc) is 3.17. The fourth-order valence-corrected chi connectivity index (χ4v) is 3.20. The number of nitrogens with zero attached hydrogens (tertiary/aromatic N) is 1. The van der Waals surface area contributed by atoms with Crippen LogP contribution in [0.5, 0.6) is 0 Å². The van der Waals surface area contributed by atoms with E-state index in [4.69, 9.17) is 9.47 Å². The molecule has 156 valence electrons. The predicted octanol–water partition coefficient (Wildman–Crippen LogP) is 1.67. The third-order valence-electron chi connectivity index (χ3n) is 4.55. The Hall–Kier alpha value is -3.95. The van der Waals surface area contributed by atoms with E-state index in [1.54, 1.807) is 13.0 Å². The Morgan fingerprint density at radius 1 is 1.23 bits per heavy atom. The van der Waals surface area contributed by atoms with Gasteiger partial charge in [0.15, 0.2) is 0 Å². The van der Waals surface area contributed by atoms with Crippen molar-refractivity contribution in [3.05, 3.63) is 40.3 Å². The lowest BCUT2D eigenvalue weighted by molar-refractivity contribution is -0.139. The van der Waals surface area contributed by atoms with Crippen molar-refractivity contribution >= 4 is 46.9 Å². The number of aromatic nitrogens is 2. The first kappa shape index (κ1) is 20.8. The first-order chi connectivity index (χ1) is 14.2. The monoisotopic (exact) mass is 412 g/mol. The Kier molecular flexibility index (Phi) is 5.67. The second-order valence-corrected chi connectivity index (χ2v) is 6.58. The lowest BCUT2D eigenvalue weighted by atomic mass is 10.0. The van der Waals surface area contributed by atoms with Crippen LogP contribution in [0, 0.1) is 6.92 Å². The minimum Gasteiger partial charge on any atom is -0.469 e. The zero-order valence-corrected chi connectivity index (χ0v) is 16.8. The molecule has 0 aliphatic carbocycles. The number of methoxy groups -OCH3 is 2. The van der Waals surface area contributed by atoms with E-state index in [1.165, 1.54) is 33.4 Å². The highest BCUT2D eigenvalue weighted by Crippen LogP contribution is 2.34. The quantitative estimate of drug-likeness (QED) is 0.501. The van der Waals surface area contributed by atoms with Crippen molar-refractivity contribution < 1.29 is 28.7 Å². The number of amides is 2. The SMILES string of the molecule is COC(=O)Cc1c(C)[nH]c(C=C2C(=O)Nc3ncc(NC(C)=O)cc32)c1C(=O)OC. The molecule has 2 aromatic heterocycles. The van der Waals surface area contributed by atoms with Crippen LogP contribution in [0.3, 0.4) is 0 Å². The summed E-state index contributed by atoms with van der Waals surface area (Å²) in [6.07, 6.45) is 2.78. The fraction of sp³-hybridized carbons (Fsp3) is 0.250. The number of nitrogens with one attached hydrogen (secondary N) is 3. The van der Waals surface area contributed by atoms with Crippen LogP contribution in [0.25, 0.3) is 11.6 Å². The highest BCUT2D eigenvalue weighted by Gasteiger charge is 2.29. The van der Waals surface area contributed by atoms with Gasteiger partial charge in [-0.1, -0.05) is 0 Å². The van der Waals surface area contributed by atoms with E-state index in [9.17, 15) is 19.2 Å². The summed E-state index contributed by atoms with van der Waals surface area (Å²) in [5.41, 5.74) is 2.55. The average molecular weight is 412 g/mol. The van der Waals surface area contributed by atoms with Crippen LogP contribution in [-0.4, -0.2) is 47.9 Å². The molecule has 1 aliphatic heterocycles. The molecule has 10 heteroatoms. The molecule has 3 rings (SSSR count). The summed E-state index contributed by atoms with van der Waals surface area (Å²) in [5, 5.41) is 5.25. The van der Waals surface area contributed by atoms with Crippen molar-refractivity contribution in [2.45, 2.75) is 20.3 Å². The number of carbonyl (C=O) groups is 4. The Morgan fingerprint density at radius 3 is 2.60 bits per heavy atom. The van der Waals surface area contributed by atoms with Crippen molar-refractivity contribution in [2.24, 2.45) is 0 Å². The molecule has 0 saturated carbocycles. The van der Waals surface area contributed by atoms with E-state index in [0.29, 0.717) is 34.0 Å². The molecular weight excluding hydrogens is 392 g/mol. The number of H-pyrrole nitrogens is 1. The molecule has 0 saturated heterocycles. The summed E-state index contributed by atoms with van der Waals surface area (Å²) in [7, 11) is 2.48. The zero-order chi connectivity index (χ0) is 22.0. The maximum absolute atomic E-state index is 12.5. The number of esters is 2. The van der Waals surface area contributed by atoms with Gasteiger partial charge in [0.25, 0.3) is 5.91 Å². The van der Waals surface area contributed by atoms with Crippen LogP contribution in [0.15, 0.2) is 12.3 Å². The summed E-state index contributed by atoms with van der Waals surface area (Å²) in [6.45, 7) is 3.06. The molecule has 3 N–H and O–H groups in total. The number of aryl methyl sites for hydroxylation is 1. The van der Waals surface area contributed by atoms with Crippen LogP contribution in [0.2, 0.25) is 0 Å². The number of ether oxygens (including phenoxy) is 2. The van der Waals surface area contributed by atoms with Gasteiger partial charge in [-0.3, -0.25) is 14.4 Å². The standard InChI is InChI=1S/C20H20N4O6/c1-9-12(7-16(26)29-3)17(20(28)30-4)15(22-9)6-14-13-5-11(23-10(2)25)8-21-18(13)24-19(14)27/h5-6,8,22H,7H2,1-4H3,(H,23,25)(H,21,24,27). The molecule has 0 unspecified atom stereocenters. The third kappa shape index (κ3) is 3.93. The highest BCUT2D eigenvalue weighted by atomic mass is 16.5. The summed E-state index contributed by atoms with van der Waals surface area (Å²) < 4.78 is 9.57. The number of hydrogen-bond acceptors (Lipinski definition) is 7. The van der Waals surface area contributed by atoms with E-state index >= 15 is 0 Å². The molecule has 0 atom stereocenters. The summed E-state index contributed by atoms with van der Waals surface area (Å²) >= 11 is 0. The minimum atomic E-state index is -0.658. The van der Waals surface area contributed by atoms with Crippen molar-refractivity contribution in [1.29, 1.82) is 0 Å². The molecule has 0 radical (unpaired) electrons. The number of pyridine rings is 1. The number of hydrogen-bond donors (Lipinski definition) is 3. The van der Waals surface area contributed by atoms with Crippen molar-refractivity contribution in [3.8, 4) is 0 Å². The van der Waals surface area contributed by atoms with Gasteiger partial charge in [0.05, 0.1) is 49.4 Å². The molecule has 2 aromatic rings. The normalized spacial score (nSPS) is 13.6. The first-order valence-corrected chi connectivity index (χ1v) is 8.92. The minimum absolute atomic E-state index is 0.135.